The number of rotatable bonds is 5. The van der Waals surface area contributed by atoms with Crippen molar-refractivity contribution in [1.82, 2.24) is 10.3 Å². The Balaban J connectivity index is 1.86. The number of hydrogen-bond acceptors (Lipinski definition) is 5. The summed E-state index contributed by atoms with van der Waals surface area (Å²) in [6.45, 7) is 2.69. The molecule has 0 aliphatic carbocycles. The van der Waals surface area contributed by atoms with Crippen molar-refractivity contribution in [2.24, 2.45) is 0 Å². The van der Waals surface area contributed by atoms with Gasteiger partial charge < -0.3 is 14.5 Å². The molecular formula is C18H16N2O4. The molecule has 0 aliphatic rings. The monoisotopic (exact) mass is 324 g/mol. The van der Waals surface area contributed by atoms with Crippen molar-refractivity contribution in [3.8, 4) is 5.75 Å². The second kappa shape index (κ2) is 6.95. The maximum absolute atomic E-state index is 12.3. The molecule has 1 N–H and O–H groups in total. The fourth-order valence-corrected chi connectivity index (χ4v) is 2.30. The Kier molecular flexibility index (Phi) is 4.56. The van der Waals surface area contributed by atoms with E-state index in [9.17, 15) is 9.59 Å². The highest BCUT2D eigenvalue weighted by Crippen LogP contribution is 2.20. The number of hydrogen-bond donors (Lipinski definition) is 1. The summed E-state index contributed by atoms with van der Waals surface area (Å²) in [6.07, 6.45) is 3.30. The summed E-state index contributed by atoms with van der Waals surface area (Å²) in [5.41, 5.74) is 0.539. The molecule has 6 heteroatoms. The minimum Gasteiger partial charge on any atom is -0.494 e. The second-order valence-electron chi connectivity index (χ2n) is 5.12. The molecule has 0 radical (unpaired) electrons. The standard InChI is InChI=1S/C18H16N2O4/c1-2-23-14-5-6-16-13(8-14)9-15(18(22)24-16)17(21)20-11-12-4-3-7-19-10-12/h3-10H,2,11H2,1H3,(H,20,21). The maximum Gasteiger partial charge on any atom is 0.349 e. The number of benzene rings is 1. The van der Waals surface area contributed by atoms with Crippen molar-refractivity contribution >= 4 is 16.9 Å². The summed E-state index contributed by atoms with van der Waals surface area (Å²) in [5.74, 6) is 0.164. The number of nitrogens with zero attached hydrogens (tertiary/aromatic N) is 1. The molecular weight excluding hydrogens is 308 g/mol. The van der Waals surface area contributed by atoms with Crippen LogP contribution in [0.4, 0.5) is 0 Å². The Morgan fingerprint density at radius 1 is 1.29 bits per heavy atom. The molecule has 2 heterocycles. The molecule has 3 rings (SSSR count). The van der Waals surface area contributed by atoms with E-state index < -0.39 is 11.5 Å². The molecule has 6 nitrogen and oxygen atoms in total. The molecule has 1 amide bonds. The van der Waals surface area contributed by atoms with Crippen molar-refractivity contribution < 1.29 is 13.9 Å². The Labute approximate surface area is 138 Å². The van der Waals surface area contributed by atoms with Gasteiger partial charge in [-0.3, -0.25) is 9.78 Å². The van der Waals surface area contributed by atoms with Crippen LogP contribution < -0.4 is 15.7 Å². The van der Waals surface area contributed by atoms with Gasteiger partial charge in [-0.25, -0.2) is 4.79 Å². The lowest BCUT2D eigenvalue weighted by atomic mass is 10.1. The molecule has 0 fully saturated rings. The van der Waals surface area contributed by atoms with Crippen LogP contribution in [0.15, 0.2) is 58.0 Å². The Morgan fingerprint density at radius 3 is 2.92 bits per heavy atom. The van der Waals surface area contributed by atoms with Gasteiger partial charge in [-0.15, -0.1) is 0 Å². The highest BCUT2D eigenvalue weighted by atomic mass is 16.5. The quantitative estimate of drug-likeness (QED) is 0.729. The number of fused-ring (bicyclic) bond motifs is 1. The topological polar surface area (TPSA) is 81.4 Å². The second-order valence-corrected chi connectivity index (χ2v) is 5.12. The van der Waals surface area contributed by atoms with Crippen molar-refractivity contribution in [1.29, 1.82) is 0 Å². The molecule has 0 saturated heterocycles. The summed E-state index contributed by atoms with van der Waals surface area (Å²) in [4.78, 5) is 28.3. The van der Waals surface area contributed by atoms with E-state index in [1.807, 2.05) is 13.0 Å². The summed E-state index contributed by atoms with van der Waals surface area (Å²) in [7, 11) is 0. The maximum atomic E-state index is 12.3. The number of ether oxygens (including phenoxy) is 1. The zero-order valence-electron chi connectivity index (χ0n) is 13.1. The largest absolute Gasteiger partial charge is 0.494 e. The Bertz CT molecular complexity index is 919. The van der Waals surface area contributed by atoms with E-state index in [4.69, 9.17) is 9.15 Å². The van der Waals surface area contributed by atoms with Gasteiger partial charge in [0.1, 0.15) is 16.9 Å². The van der Waals surface area contributed by atoms with E-state index in [0.717, 1.165) is 5.56 Å². The summed E-state index contributed by atoms with van der Waals surface area (Å²) in [6, 6.07) is 10.2. The fourth-order valence-electron chi connectivity index (χ4n) is 2.30. The number of amides is 1. The normalized spacial score (nSPS) is 10.5. The Morgan fingerprint density at radius 2 is 2.17 bits per heavy atom. The van der Waals surface area contributed by atoms with E-state index in [1.165, 1.54) is 6.07 Å². The van der Waals surface area contributed by atoms with Crippen LogP contribution in [0.2, 0.25) is 0 Å². The molecule has 3 aromatic rings. The number of pyridine rings is 1. The van der Waals surface area contributed by atoms with Gasteiger partial charge in [-0.1, -0.05) is 6.07 Å². The first-order chi connectivity index (χ1) is 11.7. The minimum absolute atomic E-state index is 0.0416. The average molecular weight is 324 g/mol. The van der Waals surface area contributed by atoms with Gasteiger partial charge in [-0.05, 0) is 42.8 Å². The van der Waals surface area contributed by atoms with Crippen molar-refractivity contribution in [2.75, 3.05) is 6.61 Å². The fraction of sp³-hybridized carbons (Fsp3) is 0.167. The molecule has 24 heavy (non-hydrogen) atoms. The van der Waals surface area contributed by atoms with Crippen LogP contribution in [0, 0.1) is 0 Å². The van der Waals surface area contributed by atoms with Gasteiger partial charge >= 0.3 is 5.63 Å². The van der Waals surface area contributed by atoms with Crippen LogP contribution in [-0.4, -0.2) is 17.5 Å². The lowest BCUT2D eigenvalue weighted by molar-refractivity contribution is 0.0947. The molecule has 0 aliphatic heterocycles. The van der Waals surface area contributed by atoms with Gasteiger partial charge in [0.2, 0.25) is 0 Å². The van der Waals surface area contributed by atoms with E-state index in [0.29, 0.717) is 23.3 Å². The molecule has 0 unspecified atom stereocenters. The summed E-state index contributed by atoms with van der Waals surface area (Å²) < 4.78 is 10.6. The molecule has 2 aromatic heterocycles. The van der Waals surface area contributed by atoms with Gasteiger partial charge in [-0.2, -0.15) is 0 Å². The number of carbonyl (C=O) groups excluding carboxylic acids is 1. The van der Waals surface area contributed by atoms with Crippen LogP contribution in [0.3, 0.4) is 0 Å². The molecule has 1 aromatic carbocycles. The molecule has 122 valence electrons. The third-order valence-corrected chi connectivity index (χ3v) is 3.44. The van der Waals surface area contributed by atoms with Gasteiger partial charge in [0.05, 0.1) is 6.61 Å². The number of carbonyl (C=O) groups is 1. The predicted octanol–water partition coefficient (Wildman–Crippen LogP) is 2.52. The third kappa shape index (κ3) is 3.43. The lowest BCUT2D eigenvalue weighted by Gasteiger charge is -2.07. The van der Waals surface area contributed by atoms with Crippen LogP contribution in [-0.2, 0) is 6.54 Å². The van der Waals surface area contributed by atoms with E-state index in [1.54, 1.807) is 36.7 Å². The van der Waals surface area contributed by atoms with Gasteiger partial charge in [0, 0.05) is 24.3 Å². The summed E-state index contributed by atoms with van der Waals surface area (Å²) in [5, 5.41) is 3.32. The SMILES string of the molecule is CCOc1ccc2oc(=O)c(C(=O)NCc3cccnc3)cc2c1. The van der Waals surface area contributed by atoms with Crippen LogP contribution in [0.1, 0.15) is 22.8 Å². The zero-order valence-corrected chi connectivity index (χ0v) is 13.1. The van der Waals surface area contributed by atoms with E-state index in [2.05, 4.69) is 10.3 Å². The highest BCUT2D eigenvalue weighted by molar-refractivity contribution is 5.96. The molecule has 0 bridgehead atoms. The first-order valence-electron chi connectivity index (χ1n) is 7.55. The predicted molar refractivity (Wildman–Crippen MR) is 89.1 cm³/mol. The minimum atomic E-state index is -0.671. The first kappa shape index (κ1) is 15.7. The van der Waals surface area contributed by atoms with Crippen LogP contribution in [0.25, 0.3) is 11.0 Å². The number of nitrogens with one attached hydrogen (secondary N) is 1. The van der Waals surface area contributed by atoms with E-state index in [-0.39, 0.29) is 12.1 Å². The highest BCUT2D eigenvalue weighted by Gasteiger charge is 2.14. The lowest BCUT2D eigenvalue weighted by Crippen LogP contribution is -2.27. The molecule has 0 spiro atoms. The average Bonchev–Trinajstić information content (AvgIpc) is 2.60. The number of aromatic nitrogens is 1. The van der Waals surface area contributed by atoms with Crippen molar-refractivity contribution in [3.05, 3.63) is 70.3 Å². The third-order valence-electron chi connectivity index (χ3n) is 3.44. The zero-order chi connectivity index (χ0) is 16.9. The van der Waals surface area contributed by atoms with Gasteiger partial charge in [0.15, 0.2) is 0 Å². The smallest absolute Gasteiger partial charge is 0.349 e. The van der Waals surface area contributed by atoms with Crippen molar-refractivity contribution in [3.63, 3.8) is 0 Å². The van der Waals surface area contributed by atoms with Crippen molar-refractivity contribution in [2.45, 2.75) is 13.5 Å². The van der Waals surface area contributed by atoms with Crippen LogP contribution in [0.5, 0.6) is 5.75 Å². The van der Waals surface area contributed by atoms with E-state index >= 15 is 0 Å². The first-order valence-corrected chi connectivity index (χ1v) is 7.55. The Hall–Kier alpha value is -3.15. The van der Waals surface area contributed by atoms with Crippen LogP contribution >= 0.6 is 0 Å². The molecule has 0 atom stereocenters. The summed E-state index contributed by atoms with van der Waals surface area (Å²) >= 11 is 0. The van der Waals surface area contributed by atoms with Gasteiger partial charge in [0.25, 0.3) is 5.91 Å². The molecule has 0 saturated carbocycles.